The molecule has 1 heterocycles. The average Bonchev–Trinajstić information content (AvgIpc) is 2.98. The number of hydrogen-bond acceptors (Lipinski definition) is 6. The predicted molar refractivity (Wildman–Crippen MR) is 164 cm³/mol. The molecule has 4 aromatic carbocycles. The van der Waals surface area contributed by atoms with Crippen molar-refractivity contribution in [2.24, 2.45) is 5.92 Å². The normalized spacial score (nSPS) is 17.6. The molecular weight excluding hydrogens is 550 g/mol. The predicted octanol–water partition coefficient (Wildman–Crippen LogP) is 5.13. The largest absolute Gasteiger partial charge is 0.466 e. The lowest BCUT2D eigenvalue weighted by Crippen LogP contribution is -2.53. The van der Waals surface area contributed by atoms with Gasteiger partial charge in [0, 0.05) is 47.7 Å². The van der Waals surface area contributed by atoms with Crippen molar-refractivity contribution in [1.29, 1.82) is 0 Å². The summed E-state index contributed by atoms with van der Waals surface area (Å²) in [6.45, 7) is 5.50. The van der Waals surface area contributed by atoms with E-state index in [-0.39, 0.29) is 17.4 Å². The molecule has 1 aliphatic heterocycles. The summed E-state index contributed by atoms with van der Waals surface area (Å²) in [6, 6.07) is 26.8. The lowest BCUT2D eigenvalue weighted by Gasteiger charge is -2.37. The molecule has 4 aromatic rings. The lowest BCUT2D eigenvalue weighted by molar-refractivity contribution is -0.150. The standard InChI is InChI=1S/C33H35N3O5S/c1-3-41-33(38)28-22-36(21-24-12-5-4-6-13-24)20-19-30(28)35-42(39,40)31-18-17-29(26-15-9-10-16-27(26)31)34-32(37)25-14-8-7-11-23(25)2/h4-18,28,30,35H,3,19-22H2,1-2H3,(H,34,37)/t28-,30+/m1/s1. The van der Waals surface area contributed by atoms with E-state index in [2.05, 4.69) is 14.9 Å². The van der Waals surface area contributed by atoms with E-state index in [1.807, 2.05) is 49.4 Å². The van der Waals surface area contributed by atoms with Gasteiger partial charge in [0.15, 0.2) is 0 Å². The van der Waals surface area contributed by atoms with E-state index < -0.39 is 28.0 Å². The van der Waals surface area contributed by atoms with Crippen molar-refractivity contribution in [2.75, 3.05) is 25.0 Å². The maximum atomic E-state index is 13.8. The van der Waals surface area contributed by atoms with Gasteiger partial charge in [0.2, 0.25) is 10.0 Å². The van der Waals surface area contributed by atoms with Gasteiger partial charge in [-0.2, -0.15) is 0 Å². The number of anilines is 1. The third-order valence-electron chi connectivity index (χ3n) is 7.65. The summed E-state index contributed by atoms with van der Waals surface area (Å²) >= 11 is 0. The molecule has 0 aromatic heterocycles. The van der Waals surface area contributed by atoms with E-state index >= 15 is 0 Å². The molecule has 9 heteroatoms. The fraction of sp³-hybridized carbons (Fsp3) is 0.273. The van der Waals surface area contributed by atoms with Crippen LogP contribution in [0.5, 0.6) is 0 Å². The Hall–Kier alpha value is -4.05. The van der Waals surface area contributed by atoms with Crippen LogP contribution in [0.3, 0.4) is 0 Å². The van der Waals surface area contributed by atoms with Gasteiger partial charge < -0.3 is 10.1 Å². The van der Waals surface area contributed by atoms with Crippen LogP contribution in [0.2, 0.25) is 0 Å². The number of rotatable bonds is 9. The van der Waals surface area contributed by atoms with E-state index in [1.165, 1.54) is 6.07 Å². The van der Waals surface area contributed by atoms with Crippen LogP contribution in [0.1, 0.15) is 34.8 Å². The van der Waals surface area contributed by atoms with Crippen molar-refractivity contribution in [1.82, 2.24) is 9.62 Å². The zero-order valence-electron chi connectivity index (χ0n) is 23.7. The topological polar surface area (TPSA) is 105 Å². The van der Waals surface area contributed by atoms with Crippen LogP contribution < -0.4 is 10.0 Å². The number of piperidine rings is 1. The van der Waals surface area contributed by atoms with Crippen molar-refractivity contribution in [3.8, 4) is 0 Å². The van der Waals surface area contributed by atoms with E-state index in [4.69, 9.17) is 4.74 Å². The minimum absolute atomic E-state index is 0.0846. The third-order valence-corrected chi connectivity index (χ3v) is 9.20. The van der Waals surface area contributed by atoms with Gasteiger partial charge in [-0.15, -0.1) is 0 Å². The molecule has 1 amide bonds. The van der Waals surface area contributed by atoms with Gasteiger partial charge in [-0.25, -0.2) is 13.1 Å². The number of hydrogen-bond donors (Lipinski definition) is 2. The fourth-order valence-electron chi connectivity index (χ4n) is 5.53. The molecule has 1 aliphatic rings. The second-order valence-corrected chi connectivity index (χ2v) is 12.2. The molecule has 2 atom stereocenters. The Balaban J connectivity index is 1.40. The summed E-state index contributed by atoms with van der Waals surface area (Å²) in [5, 5.41) is 4.01. The number of amides is 1. The van der Waals surface area contributed by atoms with E-state index in [0.717, 1.165) is 11.1 Å². The van der Waals surface area contributed by atoms with E-state index in [0.29, 0.717) is 48.1 Å². The highest BCUT2D eigenvalue weighted by Crippen LogP contribution is 2.31. The highest BCUT2D eigenvalue weighted by Gasteiger charge is 2.38. The molecule has 0 saturated carbocycles. The van der Waals surface area contributed by atoms with Crippen LogP contribution in [0.15, 0.2) is 95.9 Å². The van der Waals surface area contributed by atoms with Gasteiger partial charge in [-0.1, -0.05) is 72.8 Å². The molecule has 0 spiro atoms. The molecule has 0 unspecified atom stereocenters. The smallest absolute Gasteiger partial charge is 0.311 e. The Morgan fingerprint density at radius 2 is 1.60 bits per heavy atom. The SMILES string of the molecule is CCOC(=O)[C@@H]1CN(Cc2ccccc2)CC[C@@H]1NS(=O)(=O)c1ccc(NC(=O)c2ccccc2C)c2ccccc12. The number of sulfonamides is 1. The minimum atomic E-state index is -4.04. The van der Waals surface area contributed by atoms with E-state index in [9.17, 15) is 18.0 Å². The minimum Gasteiger partial charge on any atom is -0.466 e. The van der Waals surface area contributed by atoms with Crippen LogP contribution >= 0.6 is 0 Å². The van der Waals surface area contributed by atoms with Gasteiger partial charge in [0.05, 0.1) is 17.4 Å². The number of ether oxygens (including phenoxy) is 1. The molecule has 5 rings (SSSR count). The van der Waals surface area contributed by atoms with Crippen LogP contribution in [0.4, 0.5) is 5.69 Å². The van der Waals surface area contributed by atoms with Crippen LogP contribution in [-0.4, -0.2) is 50.9 Å². The maximum Gasteiger partial charge on any atom is 0.311 e. The van der Waals surface area contributed by atoms with E-state index in [1.54, 1.807) is 49.4 Å². The van der Waals surface area contributed by atoms with Crippen molar-refractivity contribution < 1.29 is 22.7 Å². The summed E-state index contributed by atoms with van der Waals surface area (Å²) in [7, 11) is -4.04. The number of likely N-dealkylation sites (tertiary alicyclic amines) is 1. The third kappa shape index (κ3) is 6.54. The first-order chi connectivity index (χ1) is 20.3. The number of nitrogens with zero attached hydrogens (tertiary/aromatic N) is 1. The quantitative estimate of drug-likeness (QED) is 0.264. The first-order valence-corrected chi connectivity index (χ1v) is 15.6. The first kappa shape index (κ1) is 29.4. The van der Waals surface area contributed by atoms with Crippen molar-refractivity contribution in [3.63, 3.8) is 0 Å². The van der Waals surface area contributed by atoms with Crippen molar-refractivity contribution in [3.05, 3.63) is 108 Å². The number of carbonyl (C=O) groups excluding carboxylic acids is 2. The molecule has 42 heavy (non-hydrogen) atoms. The summed E-state index contributed by atoms with van der Waals surface area (Å²) in [6.07, 6.45) is 0.456. The Morgan fingerprint density at radius 1 is 0.905 bits per heavy atom. The molecular formula is C33H35N3O5S. The maximum absolute atomic E-state index is 13.8. The van der Waals surface area contributed by atoms with Gasteiger partial charge in [-0.3, -0.25) is 14.5 Å². The summed E-state index contributed by atoms with van der Waals surface area (Å²) in [5.41, 5.74) is 3.02. The molecule has 2 N–H and O–H groups in total. The van der Waals surface area contributed by atoms with Gasteiger partial charge in [0.1, 0.15) is 0 Å². The second-order valence-electron chi connectivity index (χ2n) is 10.5. The number of carbonyl (C=O) groups is 2. The Kier molecular flexibility index (Phi) is 9.01. The number of fused-ring (bicyclic) bond motifs is 1. The Labute approximate surface area is 246 Å². The Bertz CT molecular complexity index is 1690. The van der Waals surface area contributed by atoms with Crippen molar-refractivity contribution >= 4 is 38.4 Å². The number of esters is 1. The molecule has 1 fully saturated rings. The highest BCUT2D eigenvalue weighted by molar-refractivity contribution is 7.89. The van der Waals surface area contributed by atoms with Gasteiger partial charge in [0.25, 0.3) is 5.91 Å². The Morgan fingerprint density at radius 3 is 2.33 bits per heavy atom. The summed E-state index contributed by atoms with van der Waals surface area (Å²) in [4.78, 5) is 28.3. The molecule has 0 radical (unpaired) electrons. The monoisotopic (exact) mass is 585 g/mol. The zero-order valence-corrected chi connectivity index (χ0v) is 24.6. The average molecular weight is 586 g/mol. The molecule has 8 nitrogen and oxygen atoms in total. The molecule has 218 valence electrons. The molecule has 1 saturated heterocycles. The van der Waals surface area contributed by atoms with Crippen molar-refractivity contribution in [2.45, 2.75) is 37.8 Å². The van der Waals surface area contributed by atoms with Crippen LogP contribution in [0, 0.1) is 12.8 Å². The first-order valence-electron chi connectivity index (χ1n) is 14.1. The molecule has 0 bridgehead atoms. The van der Waals surface area contributed by atoms with Gasteiger partial charge in [-0.05, 0) is 49.6 Å². The number of nitrogens with one attached hydrogen (secondary N) is 2. The number of aryl methyl sites for hydroxylation is 1. The second kappa shape index (κ2) is 12.9. The fourth-order valence-corrected chi connectivity index (χ4v) is 7.05. The summed E-state index contributed by atoms with van der Waals surface area (Å²) in [5.74, 6) is -1.34. The summed E-state index contributed by atoms with van der Waals surface area (Å²) < 4.78 is 35.9. The van der Waals surface area contributed by atoms with Crippen LogP contribution in [-0.2, 0) is 26.1 Å². The number of benzene rings is 4. The lowest BCUT2D eigenvalue weighted by atomic mass is 9.92. The molecule has 0 aliphatic carbocycles. The highest BCUT2D eigenvalue weighted by atomic mass is 32.2. The van der Waals surface area contributed by atoms with Gasteiger partial charge >= 0.3 is 5.97 Å². The zero-order chi connectivity index (χ0) is 29.7. The van der Waals surface area contributed by atoms with Crippen LogP contribution in [0.25, 0.3) is 10.8 Å².